The number of thiocarbonyl (C=S) groups is 1. The monoisotopic (exact) mass is 1210 g/mol. The van der Waals surface area contributed by atoms with Gasteiger partial charge in [-0.1, -0.05) is 138 Å². The normalized spacial score (nSPS) is 14.5. The van der Waals surface area contributed by atoms with Crippen molar-refractivity contribution in [2.75, 3.05) is 21.3 Å². The molecule has 1 saturated carbocycles. The van der Waals surface area contributed by atoms with Crippen LogP contribution in [0.2, 0.25) is 15.1 Å². The van der Waals surface area contributed by atoms with Crippen LogP contribution >= 0.6 is 108 Å². The Morgan fingerprint density at radius 2 is 1.10 bits per heavy atom. The van der Waals surface area contributed by atoms with E-state index in [1.54, 1.807) is 33.5 Å². The zero-order valence-electron chi connectivity index (χ0n) is 38.5. The highest BCUT2D eigenvalue weighted by molar-refractivity contribution is 9.11. The largest absolute Gasteiger partial charge is 0.496 e. The average Bonchev–Trinajstić information content (AvgIpc) is 3.78. The molecular formula is C54H54Br3Cl3N4O3S2. The van der Waals surface area contributed by atoms with Gasteiger partial charge in [-0.15, -0.1) is 0 Å². The average molecular weight is 1220 g/mol. The molecule has 0 aromatic heterocycles. The van der Waals surface area contributed by atoms with Crippen LogP contribution in [-0.2, 0) is 38.5 Å². The van der Waals surface area contributed by atoms with Crippen LogP contribution in [0.5, 0.6) is 17.2 Å². The molecule has 6 aromatic carbocycles. The number of fused-ring (bicyclic) bond motifs is 1. The summed E-state index contributed by atoms with van der Waals surface area (Å²) in [5, 5.41) is 14.9. The van der Waals surface area contributed by atoms with Crippen molar-refractivity contribution in [2.45, 2.75) is 76.3 Å². The Morgan fingerprint density at radius 3 is 1.59 bits per heavy atom. The van der Waals surface area contributed by atoms with Gasteiger partial charge in [0.15, 0.2) is 0 Å². The van der Waals surface area contributed by atoms with Crippen molar-refractivity contribution in [1.82, 2.24) is 5.32 Å². The fraction of sp³-hybridized carbons (Fsp3) is 0.278. The highest BCUT2D eigenvalue weighted by Gasteiger charge is 2.32. The van der Waals surface area contributed by atoms with Gasteiger partial charge in [-0.2, -0.15) is 18.8 Å². The Kier molecular flexibility index (Phi) is 22.6. The zero-order valence-corrected chi connectivity index (χ0v) is 47.3. The molecule has 6 aromatic rings. The van der Waals surface area contributed by atoms with Gasteiger partial charge in [0.25, 0.3) is 0 Å². The second-order valence-corrected chi connectivity index (χ2v) is 20.6. The van der Waals surface area contributed by atoms with Gasteiger partial charge in [0.2, 0.25) is 0 Å². The maximum absolute atomic E-state index is 9.14. The Balaban J connectivity index is 0.000000195. The van der Waals surface area contributed by atoms with Gasteiger partial charge in [-0.25, -0.2) is 0 Å². The SMILES string of the molecule is COc1ccc(Br)cc1CCc1c(Cl)cccc1C#N.COc1ccc(Br)cc1CCc1c(Cl)cccc1C(N)=S.COc1ccc(Br)cc1CCc1c(Cl)cccc1C1=N[C@H]2CCCC[C@@H]2N1.S. The Labute approximate surface area is 459 Å². The molecule has 15 heteroatoms. The number of ether oxygens (including phenoxy) is 3. The van der Waals surface area contributed by atoms with Crippen LogP contribution < -0.4 is 25.3 Å². The maximum Gasteiger partial charge on any atom is 0.129 e. The van der Waals surface area contributed by atoms with Gasteiger partial charge in [0.1, 0.15) is 28.1 Å². The summed E-state index contributed by atoms with van der Waals surface area (Å²) in [4.78, 5) is 5.37. The smallest absolute Gasteiger partial charge is 0.129 e. The van der Waals surface area contributed by atoms with Gasteiger partial charge >= 0.3 is 0 Å². The van der Waals surface area contributed by atoms with E-state index in [0.29, 0.717) is 39.1 Å². The molecule has 0 saturated heterocycles. The number of nitrogens with two attached hydrogens (primary N) is 1. The molecule has 0 amide bonds. The molecule has 0 unspecified atom stereocenters. The van der Waals surface area contributed by atoms with Crippen LogP contribution in [0.25, 0.3) is 0 Å². The number of nitrogens with one attached hydrogen (secondary N) is 1. The van der Waals surface area contributed by atoms with Crippen LogP contribution in [0.4, 0.5) is 0 Å². The molecule has 7 nitrogen and oxygen atoms in total. The van der Waals surface area contributed by atoms with E-state index in [1.165, 1.54) is 31.2 Å². The van der Waals surface area contributed by atoms with Crippen molar-refractivity contribution in [2.24, 2.45) is 10.7 Å². The minimum Gasteiger partial charge on any atom is -0.496 e. The number of halogens is 6. The number of methoxy groups -OCH3 is 3. The van der Waals surface area contributed by atoms with E-state index in [0.717, 1.165) is 113 Å². The summed E-state index contributed by atoms with van der Waals surface area (Å²) in [6.45, 7) is 0. The standard InChI is InChI=1S/C22H24BrClN2O.C16H15BrClNOS.C16H13BrClNO.H2S/c1-27-21-12-10-15(23)13-14(21)9-11-16-17(5-4-6-18(16)24)22-25-19-7-2-3-8-20(19)26-22;1-20-15-8-6-11(17)9-10(15)5-7-12-13(16(19)21)3-2-4-14(12)18;1-20-16-8-6-13(17)9-11(16)5-7-14-12(10-19)3-2-4-15(14)18;/h4-6,10,12-13,19-20H,2-3,7-9,11H2,1H3,(H,25,26);2-4,6,8-9H,5,7H2,1H3,(H2,19,21);2-4,6,8-9H,5,7H2,1H3;1H2/t19-,20-;;;/m0.../s1. The van der Waals surface area contributed by atoms with Crippen LogP contribution in [0.15, 0.2) is 128 Å². The molecule has 0 spiro atoms. The minimum absolute atomic E-state index is 0. The molecule has 2 atom stereocenters. The van der Waals surface area contributed by atoms with Gasteiger partial charge < -0.3 is 25.3 Å². The lowest BCUT2D eigenvalue weighted by atomic mass is 9.92. The summed E-state index contributed by atoms with van der Waals surface area (Å²) >= 11 is 34.7. The molecule has 0 radical (unpaired) electrons. The minimum atomic E-state index is 0. The fourth-order valence-corrected chi connectivity index (χ4v) is 10.8. The first-order valence-corrected chi connectivity index (χ1v) is 26.1. The van der Waals surface area contributed by atoms with E-state index in [2.05, 4.69) is 77.4 Å². The number of rotatable bonds is 14. The second-order valence-electron chi connectivity index (χ2n) is 16.2. The lowest BCUT2D eigenvalue weighted by Crippen LogP contribution is -2.37. The van der Waals surface area contributed by atoms with E-state index in [4.69, 9.17) is 77.2 Å². The molecule has 1 fully saturated rings. The van der Waals surface area contributed by atoms with Gasteiger partial charge in [0.05, 0.1) is 39.0 Å². The first-order valence-electron chi connectivity index (χ1n) is 22.2. The third-order valence-electron chi connectivity index (χ3n) is 12.0. The first-order chi connectivity index (χ1) is 32.8. The Bertz CT molecular complexity index is 2810. The van der Waals surface area contributed by atoms with Crippen molar-refractivity contribution in [3.05, 3.63) is 188 Å². The Hall–Kier alpha value is -3.77. The quantitative estimate of drug-likeness (QED) is 0.105. The summed E-state index contributed by atoms with van der Waals surface area (Å²) in [7, 11) is 5.04. The van der Waals surface area contributed by atoms with E-state index in [1.807, 2.05) is 78.9 Å². The molecule has 1 aliphatic carbocycles. The van der Waals surface area contributed by atoms with E-state index >= 15 is 0 Å². The van der Waals surface area contributed by atoms with E-state index < -0.39 is 0 Å². The van der Waals surface area contributed by atoms with Crippen molar-refractivity contribution < 1.29 is 14.2 Å². The lowest BCUT2D eigenvalue weighted by Gasteiger charge is -2.23. The lowest BCUT2D eigenvalue weighted by molar-refractivity contribution is 0.385. The van der Waals surface area contributed by atoms with Crippen molar-refractivity contribution in [3.8, 4) is 23.3 Å². The number of benzene rings is 6. The number of aliphatic imine (C=N–C) groups is 1. The van der Waals surface area contributed by atoms with Crippen LogP contribution in [0.1, 0.15) is 75.8 Å². The Morgan fingerprint density at radius 1 is 0.652 bits per heavy atom. The van der Waals surface area contributed by atoms with Gasteiger partial charge in [-0.3, -0.25) is 4.99 Å². The number of hydrogen-bond donors (Lipinski definition) is 2. The van der Waals surface area contributed by atoms with Gasteiger partial charge in [-0.05, 0) is 164 Å². The highest BCUT2D eigenvalue weighted by atomic mass is 79.9. The number of nitrogens with zero attached hydrogens (tertiary/aromatic N) is 2. The summed E-state index contributed by atoms with van der Waals surface area (Å²) < 4.78 is 19.4. The molecule has 362 valence electrons. The molecule has 2 aliphatic rings. The molecule has 69 heavy (non-hydrogen) atoms. The van der Waals surface area contributed by atoms with Crippen molar-refractivity contribution in [3.63, 3.8) is 0 Å². The highest BCUT2D eigenvalue weighted by Crippen LogP contribution is 2.32. The number of aryl methyl sites for hydroxylation is 3. The predicted molar refractivity (Wildman–Crippen MR) is 305 cm³/mol. The molecule has 1 heterocycles. The molecular weight excluding hydrogens is 1160 g/mol. The number of nitriles is 1. The van der Waals surface area contributed by atoms with Crippen molar-refractivity contribution in [1.29, 1.82) is 5.26 Å². The zero-order chi connectivity index (χ0) is 48.7. The van der Waals surface area contributed by atoms with E-state index in [9.17, 15) is 0 Å². The molecule has 3 N–H and O–H groups in total. The second kappa shape index (κ2) is 27.7. The summed E-state index contributed by atoms with van der Waals surface area (Å²) in [5.74, 6) is 3.64. The molecule has 8 rings (SSSR count). The maximum atomic E-state index is 9.14. The topological polar surface area (TPSA) is 102 Å². The number of hydrogen-bond acceptors (Lipinski definition) is 7. The van der Waals surface area contributed by atoms with Crippen LogP contribution in [0, 0.1) is 11.3 Å². The third kappa shape index (κ3) is 15.4. The molecule has 1 aliphatic heterocycles. The van der Waals surface area contributed by atoms with Crippen molar-refractivity contribution >= 4 is 119 Å². The van der Waals surface area contributed by atoms with Crippen LogP contribution in [0.3, 0.4) is 0 Å². The van der Waals surface area contributed by atoms with Gasteiger partial charge in [0, 0.05) is 45.7 Å². The third-order valence-corrected chi connectivity index (χ3v) is 14.8. The first kappa shape index (κ1) is 56.1. The summed E-state index contributed by atoms with van der Waals surface area (Å²) in [6, 6.07) is 38.2. The summed E-state index contributed by atoms with van der Waals surface area (Å²) in [5.41, 5.74) is 14.8. The number of amidine groups is 1. The fourth-order valence-electron chi connectivity index (χ4n) is 8.56. The summed E-state index contributed by atoms with van der Waals surface area (Å²) in [6.07, 6.45) is 9.69. The van der Waals surface area contributed by atoms with Crippen LogP contribution in [-0.4, -0.2) is 44.2 Å². The predicted octanol–water partition coefficient (Wildman–Crippen LogP) is 15.0. The molecule has 0 bridgehead atoms. The van der Waals surface area contributed by atoms with E-state index in [-0.39, 0.29) is 13.5 Å².